The van der Waals surface area contributed by atoms with Crippen LogP contribution in [-0.4, -0.2) is 10.4 Å². The summed E-state index contributed by atoms with van der Waals surface area (Å²) in [5.41, 5.74) is 2.32. The summed E-state index contributed by atoms with van der Waals surface area (Å²) in [6.45, 7) is 2.42. The van der Waals surface area contributed by atoms with E-state index in [1.54, 1.807) is 12.1 Å². The first-order valence-electron chi connectivity index (χ1n) is 7.55. The number of carbonyl (C=O) groups excluding carboxylic acids is 1. The molecule has 0 bridgehead atoms. The topological polar surface area (TPSA) is 22.0 Å². The largest absolute Gasteiger partial charge is 0.342 e. The minimum Gasteiger partial charge on any atom is -0.342 e. The Morgan fingerprint density at radius 3 is 2.59 bits per heavy atom. The molecule has 0 spiro atoms. The first-order valence-corrected chi connectivity index (χ1v) is 7.55. The Kier molecular flexibility index (Phi) is 4.05. The number of Topliss-reactive ketones (excluding diaryl/α,β-unsaturated/α-hetero) is 1. The normalized spacial score (nSPS) is 11.0. The van der Waals surface area contributed by atoms with E-state index in [9.17, 15) is 9.18 Å². The zero-order chi connectivity index (χ0) is 15.5. The molecule has 2 nitrogen and oxygen atoms in total. The smallest absolute Gasteiger partial charge is 0.165 e. The molecule has 1 heterocycles. The van der Waals surface area contributed by atoms with Crippen LogP contribution in [0.5, 0.6) is 0 Å². The fraction of sp³-hybridized carbons (Fsp3) is 0.211. The number of halogens is 1. The van der Waals surface area contributed by atoms with Crippen molar-refractivity contribution in [2.75, 3.05) is 0 Å². The van der Waals surface area contributed by atoms with E-state index >= 15 is 0 Å². The highest BCUT2D eigenvalue weighted by Crippen LogP contribution is 2.24. The molecule has 0 aliphatic rings. The fourth-order valence-electron chi connectivity index (χ4n) is 2.77. The maximum atomic E-state index is 13.9. The number of para-hydroxylation sites is 1. The van der Waals surface area contributed by atoms with Crippen LogP contribution in [0.3, 0.4) is 0 Å². The quantitative estimate of drug-likeness (QED) is 0.619. The minimum absolute atomic E-state index is 0.144. The molecule has 1 aromatic heterocycles. The third-order valence-corrected chi connectivity index (χ3v) is 3.86. The average Bonchev–Trinajstić information content (AvgIpc) is 2.89. The molecule has 0 saturated heterocycles. The lowest BCUT2D eigenvalue weighted by molar-refractivity contribution is 0.0983. The maximum Gasteiger partial charge on any atom is 0.165 e. The van der Waals surface area contributed by atoms with Crippen molar-refractivity contribution in [3.63, 3.8) is 0 Å². The number of hydrogen-bond donors (Lipinski definition) is 0. The Balaban J connectivity index is 2.07. The van der Waals surface area contributed by atoms with Gasteiger partial charge in [-0.2, -0.15) is 0 Å². The summed E-state index contributed by atoms with van der Waals surface area (Å²) in [4.78, 5) is 12.3. The van der Waals surface area contributed by atoms with E-state index in [1.165, 1.54) is 6.07 Å². The van der Waals surface area contributed by atoms with Gasteiger partial charge in [-0.15, -0.1) is 0 Å². The van der Waals surface area contributed by atoms with Crippen molar-refractivity contribution < 1.29 is 9.18 Å². The Hall–Kier alpha value is -2.42. The molecule has 0 atom stereocenters. The predicted molar refractivity (Wildman–Crippen MR) is 86.7 cm³/mol. The molecule has 0 radical (unpaired) electrons. The summed E-state index contributed by atoms with van der Waals surface area (Å²) in [6, 6.07) is 14.5. The van der Waals surface area contributed by atoms with Crippen molar-refractivity contribution in [2.45, 2.75) is 26.3 Å². The zero-order valence-corrected chi connectivity index (χ0v) is 12.6. The molecule has 0 saturated carbocycles. The highest BCUT2D eigenvalue weighted by molar-refractivity contribution is 6.08. The Labute approximate surface area is 129 Å². The number of ketones is 1. The van der Waals surface area contributed by atoms with Crippen LogP contribution in [0.1, 0.15) is 35.7 Å². The Bertz CT molecular complexity index is 819. The highest BCUT2D eigenvalue weighted by atomic mass is 19.1. The van der Waals surface area contributed by atoms with E-state index < -0.39 is 0 Å². The van der Waals surface area contributed by atoms with Gasteiger partial charge in [0.25, 0.3) is 0 Å². The van der Waals surface area contributed by atoms with Crippen molar-refractivity contribution in [3.05, 3.63) is 71.7 Å². The first kappa shape index (κ1) is 14.5. The van der Waals surface area contributed by atoms with Gasteiger partial charge in [-0.3, -0.25) is 4.79 Å². The second-order valence-corrected chi connectivity index (χ2v) is 5.45. The van der Waals surface area contributed by atoms with Gasteiger partial charge in [-0.25, -0.2) is 4.39 Å². The molecule has 0 unspecified atom stereocenters. The van der Waals surface area contributed by atoms with Gasteiger partial charge in [0, 0.05) is 34.6 Å². The van der Waals surface area contributed by atoms with Crippen molar-refractivity contribution in [1.29, 1.82) is 0 Å². The zero-order valence-electron chi connectivity index (χ0n) is 12.6. The standard InChI is InChI=1S/C19H18FNO/c1-2-7-19(22)16-13-21(18-11-6-4-9-15(16)18)12-14-8-3-5-10-17(14)20/h3-6,8-11,13H,2,7,12H2,1H3. The van der Waals surface area contributed by atoms with Crippen LogP contribution in [0.15, 0.2) is 54.7 Å². The van der Waals surface area contributed by atoms with Crippen LogP contribution in [0.4, 0.5) is 4.39 Å². The average molecular weight is 295 g/mol. The van der Waals surface area contributed by atoms with Crippen molar-refractivity contribution in [3.8, 4) is 0 Å². The third-order valence-electron chi connectivity index (χ3n) is 3.86. The van der Waals surface area contributed by atoms with E-state index in [0.717, 1.165) is 22.9 Å². The van der Waals surface area contributed by atoms with Crippen LogP contribution in [0.2, 0.25) is 0 Å². The monoisotopic (exact) mass is 295 g/mol. The number of carbonyl (C=O) groups is 1. The summed E-state index contributed by atoms with van der Waals surface area (Å²) in [6.07, 6.45) is 3.22. The van der Waals surface area contributed by atoms with Crippen LogP contribution in [-0.2, 0) is 6.54 Å². The summed E-state index contributed by atoms with van der Waals surface area (Å²) < 4.78 is 15.8. The molecule has 112 valence electrons. The van der Waals surface area contributed by atoms with Gasteiger partial charge in [0.1, 0.15) is 5.82 Å². The van der Waals surface area contributed by atoms with Gasteiger partial charge in [0.15, 0.2) is 5.78 Å². The van der Waals surface area contributed by atoms with Crippen LogP contribution >= 0.6 is 0 Å². The van der Waals surface area contributed by atoms with E-state index in [0.29, 0.717) is 18.5 Å². The molecular weight excluding hydrogens is 277 g/mol. The van der Waals surface area contributed by atoms with Crippen LogP contribution < -0.4 is 0 Å². The minimum atomic E-state index is -0.221. The Morgan fingerprint density at radius 2 is 1.82 bits per heavy atom. The van der Waals surface area contributed by atoms with Crippen molar-refractivity contribution >= 4 is 16.7 Å². The second-order valence-electron chi connectivity index (χ2n) is 5.45. The lowest BCUT2D eigenvalue weighted by atomic mass is 10.1. The molecule has 3 rings (SSSR count). The summed E-state index contributed by atoms with van der Waals surface area (Å²) in [5, 5.41) is 0.942. The number of benzene rings is 2. The van der Waals surface area contributed by atoms with E-state index in [1.807, 2.05) is 48.0 Å². The lowest BCUT2D eigenvalue weighted by Gasteiger charge is -2.06. The van der Waals surface area contributed by atoms with Crippen LogP contribution in [0.25, 0.3) is 10.9 Å². The first-order chi connectivity index (χ1) is 10.7. The number of hydrogen-bond acceptors (Lipinski definition) is 1. The van der Waals surface area contributed by atoms with Crippen molar-refractivity contribution in [2.24, 2.45) is 0 Å². The molecule has 22 heavy (non-hydrogen) atoms. The molecule has 0 aliphatic heterocycles. The number of fused-ring (bicyclic) bond motifs is 1. The summed E-state index contributed by atoms with van der Waals surface area (Å²) in [7, 11) is 0. The van der Waals surface area contributed by atoms with Gasteiger partial charge in [0.2, 0.25) is 0 Å². The number of nitrogens with zero attached hydrogens (tertiary/aromatic N) is 1. The van der Waals surface area contributed by atoms with E-state index in [4.69, 9.17) is 0 Å². The van der Waals surface area contributed by atoms with Crippen molar-refractivity contribution in [1.82, 2.24) is 4.57 Å². The predicted octanol–water partition coefficient (Wildman–Crippen LogP) is 4.81. The lowest BCUT2D eigenvalue weighted by Crippen LogP contribution is -2.01. The van der Waals surface area contributed by atoms with Gasteiger partial charge in [-0.05, 0) is 18.6 Å². The Morgan fingerprint density at radius 1 is 1.09 bits per heavy atom. The van der Waals surface area contributed by atoms with Crippen LogP contribution in [0, 0.1) is 5.82 Å². The van der Waals surface area contributed by atoms with E-state index in [2.05, 4.69) is 0 Å². The summed E-state index contributed by atoms with van der Waals surface area (Å²) in [5.74, 6) is -0.0762. The van der Waals surface area contributed by atoms with E-state index in [-0.39, 0.29) is 11.6 Å². The van der Waals surface area contributed by atoms with Gasteiger partial charge < -0.3 is 4.57 Å². The highest BCUT2D eigenvalue weighted by Gasteiger charge is 2.14. The number of aromatic nitrogens is 1. The third kappa shape index (κ3) is 2.67. The molecule has 2 aromatic carbocycles. The maximum absolute atomic E-state index is 13.9. The van der Waals surface area contributed by atoms with Gasteiger partial charge in [-0.1, -0.05) is 43.3 Å². The van der Waals surface area contributed by atoms with Gasteiger partial charge in [0.05, 0.1) is 6.54 Å². The molecule has 0 N–H and O–H groups in total. The second kappa shape index (κ2) is 6.14. The SMILES string of the molecule is CCCC(=O)c1cn(Cc2ccccc2F)c2ccccc12. The molecule has 3 heteroatoms. The molecule has 0 fully saturated rings. The molecule has 3 aromatic rings. The molecule has 0 aliphatic carbocycles. The summed E-state index contributed by atoms with van der Waals surface area (Å²) >= 11 is 0. The molecule has 0 amide bonds. The molecular formula is C19H18FNO. The number of rotatable bonds is 5. The fourth-order valence-corrected chi connectivity index (χ4v) is 2.77. The van der Waals surface area contributed by atoms with Gasteiger partial charge >= 0.3 is 0 Å².